The van der Waals surface area contributed by atoms with E-state index < -0.39 is 0 Å². The highest BCUT2D eigenvalue weighted by molar-refractivity contribution is 5.44. The molecule has 2 saturated heterocycles. The predicted molar refractivity (Wildman–Crippen MR) is 92.2 cm³/mol. The van der Waals surface area contributed by atoms with E-state index in [0.717, 1.165) is 83.0 Å². The van der Waals surface area contributed by atoms with Crippen molar-refractivity contribution in [3.05, 3.63) is 11.8 Å². The van der Waals surface area contributed by atoms with E-state index >= 15 is 0 Å². The zero-order valence-electron chi connectivity index (χ0n) is 14.3. The van der Waals surface area contributed by atoms with Gasteiger partial charge in [-0.1, -0.05) is 0 Å². The van der Waals surface area contributed by atoms with E-state index in [1.807, 2.05) is 13.0 Å². The van der Waals surface area contributed by atoms with Crippen LogP contribution < -0.4 is 10.2 Å². The lowest BCUT2D eigenvalue weighted by atomic mass is 10.3. The zero-order valence-corrected chi connectivity index (χ0v) is 14.3. The lowest BCUT2D eigenvalue weighted by molar-refractivity contribution is 0.0398. The van der Waals surface area contributed by atoms with Crippen LogP contribution in [0.4, 0.5) is 11.8 Å². The number of piperazine rings is 1. The van der Waals surface area contributed by atoms with Gasteiger partial charge in [0.25, 0.3) is 0 Å². The molecule has 128 valence electrons. The number of morpholine rings is 1. The smallest absolute Gasteiger partial charge is 0.227 e. The van der Waals surface area contributed by atoms with Crippen LogP contribution in [0.1, 0.15) is 5.69 Å². The molecule has 0 atom stereocenters. The molecule has 23 heavy (non-hydrogen) atoms. The molecule has 7 heteroatoms. The Balaban J connectivity index is 1.54. The normalized spacial score (nSPS) is 20.7. The second-order valence-corrected chi connectivity index (χ2v) is 6.37. The molecule has 0 aliphatic carbocycles. The highest BCUT2D eigenvalue weighted by Crippen LogP contribution is 2.15. The quantitative estimate of drug-likeness (QED) is 0.836. The first-order valence-electron chi connectivity index (χ1n) is 8.54. The monoisotopic (exact) mass is 320 g/mol. The van der Waals surface area contributed by atoms with Crippen LogP contribution in [0, 0.1) is 6.92 Å². The molecule has 0 spiro atoms. The highest BCUT2D eigenvalue weighted by Gasteiger charge is 2.17. The Morgan fingerprint density at radius 2 is 1.83 bits per heavy atom. The van der Waals surface area contributed by atoms with Gasteiger partial charge in [-0.15, -0.1) is 0 Å². The van der Waals surface area contributed by atoms with Crippen molar-refractivity contribution < 1.29 is 4.74 Å². The van der Waals surface area contributed by atoms with E-state index in [2.05, 4.69) is 32.0 Å². The van der Waals surface area contributed by atoms with Gasteiger partial charge in [0.1, 0.15) is 5.82 Å². The molecule has 1 aromatic rings. The van der Waals surface area contributed by atoms with Crippen molar-refractivity contribution in [1.82, 2.24) is 19.8 Å². The van der Waals surface area contributed by atoms with Crippen LogP contribution in [-0.4, -0.2) is 92.4 Å². The van der Waals surface area contributed by atoms with Crippen molar-refractivity contribution in [2.24, 2.45) is 0 Å². The molecule has 0 bridgehead atoms. The van der Waals surface area contributed by atoms with Gasteiger partial charge in [0.2, 0.25) is 5.95 Å². The maximum absolute atomic E-state index is 5.38. The minimum atomic E-state index is 0.847. The van der Waals surface area contributed by atoms with E-state index in [1.165, 1.54) is 0 Å². The number of aryl methyl sites for hydroxylation is 1. The summed E-state index contributed by atoms with van der Waals surface area (Å²) in [4.78, 5) is 16.4. The number of rotatable bonds is 5. The summed E-state index contributed by atoms with van der Waals surface area (Å²) < 4.78 is 5.38. The molecule has 0 radical (unpaired) electrons. The molecule has 1 N–H and O–H groups in total. The van der Waals surface area contributed by atoms with Crippen LogP contribution in [0.25, 0.3) is 0 Å². The van der Waals surface area contributed by atoms with Gasteiger partial charge in [-0.25, -0.2) is 4.98 Å². The number of hydrogen-bond donors (Lipinski definition) is 1. The summed E-state index contributed by atoms with van der Waals surface area (Å²) in [6.45, 7) is 11.8. The molecule has 1 aromatic heterocycles. The fraction of sp³-hybridized carbons (Fsp3) is 0.750. The van der Waals surface area contributed by atoms with Crippen LogP contribution in [0.2, 0.25) is 0 Å². The second-order valence-electron chi connectivity index (χ2n) is 6.37. The van der Waals surface area contributed by atoms with Gasteiger partial charge in [0.15, 0.2) is 0 Å². The summed E-state index contributed by atoms with van der Waals surface area (Å²) >= 11 is 0. The number of ether oxygens (including phenoxy) is 1. The Hall–Kier alpha value is -1.44. The van der Waals surface area contributed by atoms with Gasteiger partial charge in [-0.3, -0.25) is 4.90 Å². The van der Waals surface area contributed by atoms with E-state index in [9.17, 15) is 0 Å². The highest BCUT2D eigenvalue weighted by atomic mass is 16.5. The summed E-state index contributed by atoms with van der Waals surface area (Å²) in [5, 5.41) is 3.45. The third-order valence-electron chi connectivity index (χ3n) is 4.47. The fourth-order valence-corrected chi connectivity index (χ4v) is 2.96. The zero-order chi connectivity index (χ0) is 16.1. The number of aromatic nitrogens is 2. The standard InChI is InChI=1S/C16H28N6O/c1-14-13-15(17-3-4-21-9-11-23-12-10-21)19-16(18-14)22-7-5-20(2)6-8-22/h13H,3-12H2,1-2H3,(H,17,18,19). The lowest BCUT2D eigenvalue weighted by Gasteiger charge is -2.32. The van der Waals surface area contributed by atoms with E-state index in [0.29, 0.717) is 0 Å². The first-order valence-corrected chi connectivity index (χ1v) is 8.54. The molecule has 7 nitrogen and oxygen atoms in total. The van der Waals surface area contributed by atoms with Crippen molar-refractivity contribution >= 4 is 11.8 Å². The van der Waals surface area contributed by atoms with Crippen LogP contribution >= 0.6 is 0 Å². The Morgan fingerprint density at radius 3 is 2.57 bits per heavy atom. The van der Waals surface area contributed by atoms with Crippen LogP contribution in [0.5, 0.6) is 0 Å². The molecule has 3 heterocycles. The Labute approximate surface area is 138 Å². The van der Waals surface area contributed by atoms with Crippen molar-refractivity contribution in [2.75, 3.05) is 82.8 Å². The summed E-state index contributed by atoms with van der Waals surface area (Å²) in [6, 6.07) is 2.03. The van der Waals surface area contributed by atoms with E-state index in [1.54, 1.807) is 0 Å². The molecule has 0 aromatic carbocycles. The fourth-order valence-electron chi connectivity index (χ4n) is 2.96. The minimum absolute atomic E-state index is 0.847. The van der Waals surface area contributed by atoms with E-state index in [4.69, 9.17) is 9.72 Å². The Bertz CT molecular complexity index is 497. The van der Waals surface area contributed by atoms with Gasteiger partial charge in [-0.05, 0) is 14.0 Å². The van der Waals surface area contributed by atoms with Gasteiger partial charge >= 0.3 is 0 Å². The van der Waals surface area contributed by atoms with Crippen molar-refractivity contribution in [1.29, 1.82) is 0 Å². The molecular formula is C16H28N6O. The van der Waals surface area contributed by atoms with Gasteiger partial charge < -0.3 is 19.9 Å². The van der Waals surface area contributed by atoms with Crippen molar-refractivity contribution in [3.63, 3.8) is 0 Å². The Morgan fingerprint density at radius 1 is 1.09 bits per heavy atom. The maximum Gasteiger partial charge on any atom is 0.227 e. The van der Waals surface area contributed by atoms with Crippen LogP contribution in [-0.2, 0) is 4.74 Å². The maximum atomic E-state index is 5.38. The molecule has 3 rings (SSSR count). The molecule has 2 fully saturated rings. The number of hydrogen-bond acceptors (Lipinski definition) is 7. The SMILES string of the molecule is Cc1cc(NCCN2CCOCC2)nc(N2CCN(C)CC2)n1. The molecule has 2 aliphatic heterocycles. The van der Waals surface area contributed by atoms with E-state index in [-0.39, 0.29) is 0 Å². The largest absolute Gasteiger partial charge is 0.379 e. The first-order chi connectivity index (χ1) is 11.2. The van der Waals surface area contributed by atoms with Gasteiger partial charge in [-0.2, -0.15) is 4.98 Å². The number of likely N-dealkylation sites (N-methyl/N-ethyl adjacent to an activating group) is 1. The lowest BCUT2D eigenvalue weighted by Crippen LogP contribution is -2.45. The molecule has 0 saturated carbocycles. The minimum Gasteiger partial charge on any atom is -0.379 e. The number of nitrogens with one attached hydrogen (secondary N) is 1. The number of anilines is 2. The van der Waals surface area contributed by atoms with Gasteiger partial charge in [0, 0.05) is 64.1 Å². The third kappa shape index (κ3) is 4.76. The Kier molecular flexibility index (Phi) is 5.64. The van der Waals surface area contributed by atoms with Crippen LogP contribution in [0.3, 0.4) is 0 Å². The molecule has 0 unspecified atom stereocenters. The number of nitrogens with zero attached hydrogens (tertiary/aromatic N) is 5. The topological polar surface area (TPSA) is 56.8 Å². The average Bonchev–Trinajstić information content (AvgIpc) is 2.56. The molecule has 0 amide bonds. The first kappa shape index (κ1) is 16.4. The summed E-state index contributed by atoms with van der Waals surface area (Å²) in [7, 11) is 2.16. The summed E-state index contributed by atoms with van der Waals surface area (Å²) in [5.74, 6) is 1.78. The predicted octanol–water partition coefficient (Wildman–Crippen LogP) is 0.281. The summed E-state index contributed by atoms with van der Waals surface area (Å²) in [5.41, 5.74) is 1.02. The second kappa shape index (κ2) is 7.90. The van der Waals surface area contributed by atoms with Crippen molar-refractivity contribution in [2.45, 2.75) is 6.92 Å². The average molecular weight is 320 g/mol. The van der Waals surface area contributed by atoms with Crippen molar-refractivity contribution in [3.8, 4) is 0 Å². The third-order valence-corrected chi connectivity index (χ3v) is 4.47. The molecular weight excluding hydrogens is 292 g/mol. The molecule has 2 aliphatic rings. The van der Waals surface area contributed by atoms with Crippen LogP contribution in [0.15, 0.2) is 6.07 Å². The van der Waals surface area contributed by atoms with Gasteiger partial charge in [0.05, 0.1) is 13.2 Å². The summed E-state index contributed by atoms with van der Waals surface area (Å²) in [6.07, 6.45) is 0.